The molecule has 0 radical (unpaired) electrons. The highest BCUT2D eigenvalue weighted by Crippen LogP contribution is 2.29. The molecule has 1 N–H and O–H groups in total. The average molecular weight is 479 g/mol. The van der Waals surface area contributed by atoms with E-state index >= 15 is 0 Å². The maximum atomic E-state index is 14.7. The summed E-state index contributed by atoms with van der Waals surface area (Å²) in [7, 11) is 0. The van der Waals surface area contributed by atoms with Gasteiger partial charge < -0.3 is 5.11 Å². The molecule has 0 aliphatic heterocycles. The van der Waals surface area contributed by atoms with E-state index in [-0.39, 0.29) is 18.7 Å². The van der Waals surface area contributed by atoms with Crippen molar-refractivity contribution in [2.75, 3.05) is 13.1 Å². The first kappa shape index (κ1) is 22.5. The zero-order valence-corrected chi connectivity index (χ0v) is 18.4. The molecule has 5 nitrogen and oxygen atoms in total. The van der Waals surface area contributed by atoms with Crippen LogP contribution in [0.1, 0.15) is 30.9 Å². The van der Waals surface area contributed by atoms with E-state index in [2.05, 4.69) is 37.8 Å². The molecule has 1 aromatic heterocycles. The molecule has 3 rings (SSSR count). The van der Waals surface area contributed by atoms with Gasteiger partial charge in [-0.2, -0.15) is 5.10 Å². The fourth-order valence-electron chi connectivity index (χ4n) is 3.50. The molecule has 0 aliphatic carbocycles. The fourth-order valence-corrected chi connectivity index (χ4v) is 3.91. The first-order valence-corrected chi connectivity index (χ1v) is 10.7. The minimum absolute atomic E-state index is 0.00582. The number of rotatable bonds is 10. The number of halogens is 3. The molecular formula is C22H25BrF2N4O. The normalized spacial score (nSPS) is 13.5. The molecule has 3 aromatic rings. The van der Waals surface area contributed by atoms with E-state index in [4.69, 9.17) is 0 Å². The van der Waals surface area contributed by atoms with Gasteiger partial charge in [0.1, 0.15) is 29.9 Å². The van der Waals surface area contributed by atoms with Gasteiger partial charge in [-0.3, -0.25) is 4.90 Å². The van der Waals surface area contributed by atoms with Crippen LogP contribution in [0.3, 0.4) is 0 Å². The molecule has 0 bridgehead atoms. The Labute approximate surface area is 183 Å². The van der Waals surface area contributed by atoms with Crippen LogP contribution in [0.25, 0.3) is 0 Å². The second-order valence-corrected chi connectivity index (χ2v) is 8.26. The van der Waals surface area contributed by atoms with Crippen LogP contribution in [0.4, 0.5) is 8.78 Å². The molecule has 30 heavy (non-hydrogen) atoms. The van der Waals surface area contributed by atoms with Crippen molar-refractivity contribution in [3.63, 3.8) is 0 Å². The second kappa shape index (κ2) is 10.2. The second-order valence-electron chi connectivity index (χ2n) is 7.40. The van der Waals surface area contributed by atoms with Crippen molar-refractivity contribution < 1.29 is 13.9 Å². The number of nitrogens with zero attached hydrogens (tertiary/aromatic N) is 4. The molecular weight excluding hydrogens is 454 g/mol. The topological polar surface area (TPSA) is 54.2 Å². The summed E-state index contributed by atoms with van der Waals surface area (Å²) in [6, 6.07) is 11.1. The van der Waals surface area contributed by atoms with Gasteiger partial charge >= 0.3 is 0 Å². The Balaban J connectivity index is 1.94. The van der Waals surface area contributed by atoms with Crippen LogP contribution < -0.4 is 0 Å². The number of hydrogen-bond acceptors (Lipinski definition) is 4. The molecule has 0 aliphatic rings. The van der Waals surface area contributed by atoms with E-state index in [0.29, 0.717) is 6.54 Å². The number of aromatic nitrogens is 3. The van der Waals surface area contributed by atoms with Crippen LogP contribution in [0.5, 0.6) is 0 Å². The third-order valence-corrected chi connectivity index (χ3v) is 5.76. The van der Waals surface area contributed by atoms with E-state index in [0.717, 1.165) is 41.6 Å². The lowest BCUT2D eigenvalue weighted by Crippen LogP contribution is -2.45. The first-order chi connectivity index (χ1) is 14.4. The molecule has 8 heteroatoms. The Morgan fingerprint density at radius 2 is 2.00 bits per heavy atom. The fraction of sp³-hybridized carbons (Fsp3) is 0.364. The SMILES string of the molecule is CCCCN(Cc1ccccc1Br)CC(O)(Cn1cncn1)c1ccc(F)cc1F. The summed E-state index contributed by atoms with van der Waals surface area (Å²) in [5.41, 5.74) is -0.523. The van der Waals surface area contributed by atoms with E-state index in [1.54, 1.807) is 0 Å². The van der Waals surface area contributed by atoms with Crippen molar-refractivity contribution in [2.45, 2.75) is 38.5 Å². The molecule has 2 aromatic carbocycles. The Kier molecular flexibility index (Phi) is 7.69. The minimum atomic E-state index is -1.62. The van der Waals surface area contributed by atoms with E-state index in [1.807, 2.05) is 24.3 Å². The van der Waals surface area contributed by atoms with Crippen LogP contribution in [0.15, 0.2) is 59.6 Å². The standard InChI is InChI=1S/C22H25BrF2N4O/c1-2-3-10-28(12-17-6-4-5-7-20(17)23)13-22(30,14-29-16-26-15-27-29)19-9-8-18(24)11-21(19)25/h4-9,11,15-16,30H,2-3,10,12-14H2,1H3. The highest BCUT2D eigenvalue weighted by Gasteiger charge is 2.35. The van der Waals surface area contributed by atoms with Gasteiger partial charge in [-0.1, -0.05) is 53.5 Å². The molecule has 0 saturated carbocycles. The Morgan fingerprint density at radius 3 is 2.67 bits per heavy atom. The van der Waals surface area contributed by atoms with E-state index < -0.39 is 17.2 Å². The lowest BCUT2D eigenvalue weighted by molar-refractivity contribution is -0.0240. The van der Waals surface area contributed by atoms with Gasteiger partial charge in [0, 0.05) is 29.2 Å². The zero-order valence-electron chi connectivity index (χ0n) is 16.8. The summed E-state index contributed by atoms with van der Waals surface area (Å²) in [5.74, 6) is -1.47. The quantitative estimate of drug-likeness (QED) is 0.465. The highest BCUT2D eigenvalue weighted by atomic mass is 79.9. The maximum Gasteiger partial charge on any atom is 0.137 e. The van der Waals surface area contributed by atoms with Crippen LogP contribution in [-0.2, 0) is 18.7 Å². The Hall–Kier alpha value is -2.16. The van der Waals surface area contributed by atoms with Crippen LogP contribution >= 0.6 is 15.9 Å². The predicted molar refractivity (Wildman–Crippen MR) is 115 cm³/mol. The molecule has 0 fully saturated rings. The largest absolute Gasteiger partial charge is 0.382 e. The summed E-state index contributed by atoms with van der Waals surface area (Å²) in [6.45, 7) is 3.53. The number of aliphatic hydroxyl groups is 1. The predicted octanol–water partition coefficient (Wildman–Crippen LogP) is 4.51. The average Bonchev–Trinajstić information content (AvgIpc) is 3.20. The molecule has 0 saturated heterocycles. The molecule has 1 atom stereocenters. The van der Waals surface area contributed by atoms with Crippen LogP contribution in [0, 0.1) is 11.6 Å². The summed E-state index contributed by atoms with van der Waals surface area (Å²) in [6.07, 6.45) is 4.74. The van der Waals surface area contributed by atoms with Gasteiger partial charge in [0.2, 0.25) is 0 Å². The lowest BCUT2D eigenvalue weighted by Gasteiger charge is -2.35. The van der Waals surface area contributed by atoms with Gasteiger partial charge in [0.05, 0.1) is 6.54 Å². The van der Waals surface area contributed by atoms with E-state index in [1.165, 1.54) is 23.4 Å². The van der Waals surface area contributed by atoms with Crippen molar-refractivity contribution >= 4 is 15.9 Å². The van der Waals surface area contributed by atoms with Gasteiger partial charge in [0.25, 0.3) is 0 Å². The van der Waals surface area contributed by atoms with Crippen LogP contribution in [0.2, 0.25) is 0 Å². The smallest absolute Gasteiger partial charge is 0.137 e. The zero-order chi connectivity index (χ0) is 21.6. The first-order valence-electron chi connectivity index (χ1n) is 9.87. The van der Waals surface area contributed by atoms with Gasteiger partial charge in [-0.05, 0) is 30.7 Å². The summed E-state index contributed by atoms with van der Waals surface area (Å²) in [5, 5.41) is 15.7. The van der Waals surface area contributed by atoms with Gasteiger partial charge in [-0.25, -0.2) is 18.4 Å². The number of unbranched alkanes of at least 4 members (excludes halogenated alkanes) is 1. The molecule has 0 amide bonds. The Bertz CT molecular complexity index is 954. The molecule has 160 valence electrons. The maximum absolute atomic E-state index is 14.7. The summed E-state index contributed by atoms with van der Waals surface area (Å²) in [4.78, 5) is 6.00. The van der Waals surface area contributed by atoms with Crippen molar-refractivity contribution in [2.24, 2.45) is 0 Å². The minimum Gasteiger partial charge on any atom is -0.382 e. The molecule has 1 heterocycles. The van der Waals surface area contributed by atoms with Crippen molar-refractivity contribution in [3.8, 4) is 0 Å². The van der Waals surface area contributed by atoms with Gasteiger partial charge in [0.15, 0.2) is 0 Å². The van der Waals surface area contributed by atoms with Crippen molar-refractivity contribution in [1.29, 1.82) is 0 Å². The highest BCUT2D eigenvalue weighted by molar-refractivity contribution is 9.10. The number of benzene rings is 2. The Morgan fingerprint density at radius 1 is 1.20 bits per heavy atom. The summed E-state index contributed by atoms with van der Waals surface area (Å²) < 4.78 is 30.6. The lowest BCUT2D eigenvalue weighted by atomic mass is 9.92. The third kappa shape index (κ3) is 5.71. The molecule has 1 unspecified atom stereocenters. The number of hydrogen-bond donors (Lipinski definition) is 1. The third-order valence-electron chi connectivity index (χ3n) is 4.99. The monoisotopic (exact) mass is 478 g/mol. The van der Waals surface area contributed by atoms with Gasteiger partial charge in [-0.15, -0.1) is 0 Å². The van der Waals surface area contributed by atoms with Crippen molar-refractivity contribution in [3.05, 3.63) is 82.4 Å². The van der Waals surface area contributed by atoms with Crippen LogP contribution in [-0.4, -0.2) is 37.9 Å². The molecule has 0 spiro atoms. The summed E-state index contributed by atoms with van der Waals surface area (Å²) >= 11 is 3.57. The van der Waals surface area contributed by atoms with E-state index in [9.17, 15) is 13.9 Å². The van der Waals surface area contributed by atoms with Crippen molar-refractivity contribution in [1.82, 2.24) is 19.7 Å².